The van der Waals surface area contributed by atoms with Gasteiger partial charge in [0.25, 0.3) is 7.82 Å². The number of phosphoric ester groups is 1. The molecule has 0 aliphatic rings. The Labute approximate surface area is 367 Å². The summed E-state index contributed by atoms with van der Waals surface area (Å²) in [5, 5.41) is 13.8. The van der Waals surface area contributed by atoms with E-state index in [1.165, 1.54) is 193 Å². The Bertz CT molecular complexity index is 974. The highest BCUT2D eigenvalue weighted by atomic mass is 31.2. The average Bonchev–Trinajstić information content (AvgIpc) is 3.19. The fraction of sp³-hybridized carbons (Fsp3) is 0.940. The maximum absolute atomic E-state index is 12.9. The maximum atomic E-state index is 12.9. The predicted octanol–water partition coefficient (Wildman–Crippen LogP) is 14.1. The molecule has 0 spiro atoms. The number of carbonyl (C=O) groups is 1. The summed E-state index contributed by atoms with van der Waals surface area (Å²) in [5.74, 6) is -0.194. The zero-order valence-electron chi connectivity index (χ0n) is 40.0. The number of rotatable bonds is 47. The van der Waals surface area contributed by atoms with Crippen LogP contribution in [0.4, 0.5) is 0 Å². The van der Waals surface area contributed by atoms with Crippen molar-refractivity contribution in [3.8, 4) is 0 Å². The molecule has 3 atom stereocenters. The molecule has 0 fully saturated rings. The third-order valence-electron chi connectivity index (χ3n) is 11.7. The Morgan fingerprint density at radius 1 is 0.576 bits per heavy atom. The van der Waals surface area contributed by atoms with Crippen molar-refractivity contribution in [2.75, 3.05) is 40.9 Å². The lowest BCUT2D eigenvalue weighted by Crippen LogP contribution is -2.45. The van der Waals surface area contributed by atoms with Crippen LogP contribution in [0.25, 0.3) is 0 Å². The number of aliphatic hydroxyl groups is 1. The van der Waals surface area contributed by atoms with Gasteiger partial charge in [0.2, 0.25) is 5.91 Å². The topological polar surface area (TPSA) is 108 Å². The molecule has 1 unspecified atom stereocenters. The summed E-state index contributed by atoms with van der Waals surface area (Å²) in [4.78, 5) is 25.3. The van der Waals surface area contributed by atoms with Crippen LogP contribution < -0.4 is 10.2 Å². The molecule has 0 rings (SSSR count). The Kier molecular flexibility index (Phi) is 42.0. The number of likely N-dealkylation sites (N-methyl/N-ethyl adjacent to an activating group) is 1. The van der Waals surface area contributed by atoms with Gasteiger partial charge in [0.15, 0.2) is 0 Å². The number of hydrogen-bond acceptors (Lipinski definition) is 6. The first-order valence-electron chi connectivity index (χ1n) is 25.6. The molecular formula is C50H101N2O6P. The third-order valence-corrected chi connectivity index (χ3v) is 12.7. The van der Waals surface area contributed by atoms with Crippen LogP contribution in [0.1, 0.15) is 251 Å². The Hall–Kier alpha value is -0.760. The SMILES string of the molecule is CCCCCCCCCC/C=C/[C@@H](O)[C@H](COP(=O)([O-])OCC[N+](C)(C)C)NC(=O)CCCCCCCCCCCCCCCCCCCCCCCCCCCCC. The van der Waals surface area contributed by atoms with E-state index in [0.717, 1.165) is 38.5 Å². The van der Waals surface area contributed by atoms with Crippen LogP contribution in [0.2, 0.25) is 0 Å². The number of amides is 1. The van der Waals surface area contributed by atoms with Gasteiger partial charge in [-0.3, -0.25) is 9.36 Å². The van der Waals surface area contributed by atoms with Crippen molar-refractivity contribution in [1.29, 1.82) is 0 Å². The molecule has 0 aliphatic carbocycles. The average molecular weight is 857 g/mol. The molecular weight excluding hydrogens is 756 g/mol. The number of hydrogen-bond donors (Lipinski definition) is 2. The number of allylic oxidation sites excluding steroid dienone is 1. The van der Waals surface area contributed by atoms with E-state index in [0.29, 0.717) is 17.4 Å². The van der Waals surface area contributed by atoms with Crippen molar-refractivity contribution < 1.29 is 32.9 Å². The van der Waals surface area contributed by atoms with E-state index in [2.05, 4.69) is 19.2 Å². The van der Waals surface area contributed by atoms with Crippen molar-refractivity contribution in [3.63, 3.8) is 0 Å². The summed E-state index contributed by atoms with van der Waals surface area (Å²) in [6, 6.07) is -0.879. The molecule has 0 radical (unpaired) electrons. The summed E-state index contributed by atoms with van der Waals surface area (Å²) in [5.41, 5.74) is 0. The normalized spacial score (nSPS) is 14.2. The second-order valence-corrected chi connectivity index (χ2v) is 20.3. The van der Waals surface area contributed by atoms with Crippen molar-refractivity contribution in [3.05, 3.63) is 12.2 Å². The minimum atomic E-state index is -4.58. The van der Waals surface area contributed by atoms with E-state index in [-0.39, 0.29) is 19.1 Å². The van der Waals surface area contributed by atoms with Crippen LogP contribution in [0.15, 0.2) is 12.2 Å². The standard InChI is InChI=1S/C50H101N2O6P/c1-6-8-10-12-14-16-18-19-20-21-22-23-24-25-26-27-28-29-30-31-32-33-34-36-38-40-42-44-50(54)51-48(47-58-59(55,56)57-46-45-52(3,4)5)49(53)43-41-39-37-35-17-15-13-11-9-7-2/h41,43,48-49,53H,6-40,42,44-47H2,1-5H3,(H-,51,54,55,56)/b43-41+/t48-,49+/m0/s1. The highest BCUT2D eigenvalue weighted by molar-refractivity contribution is 7.45. The molecule has 0 heterocycles. The Morgan fingerprint density at radius 3 is 1.27 bits per heavy atom. The molecule has 0 aromatic rings. The van der Waals surface area contributed by atoms with E-state index in [9.17, 15) is 19.4 Å². The fourth-order valence-corrected chi connectivity index (χ4v) is 8.41. The van der Waals surface area contributed by atoms with Crippen molar-refractivity contribution in [2.24, 2.45) is 0 Å². The molecule has 0 aromatic heterocycles. The minimum absolute atomic E-state index is 0.00198. The smallest absolute Gasteiger partial charge is 0.268 e. The van der Waals surface area contributed by atoms with Crippen molar-refractivity contribution >= 4 is 13.7 Å². The van der Waals surface area contributed by atoms with E-state index in [1.807, 2.05) is 27.2 Å². The second kappa shape index (κ2) is 42.5. The number of phosphoric acid groups is 1. The third kappa shape index (κ3) is 45.1. The number of nitrogens with one attached hydrogen (secondary N) is 1. The Balaban J connectivity index is 4.04. The van der Waals surface area contributed by atoms with Gasteiger partial charge >= 0.3 is 0 Å². The zero-order valence-corrected chi connectivity index (χ0v) is 40.9. The lowest BCUT2D eigenvalue weighted by atomic mass is 10.0. The van der Waals surface area contributed by atoms with Crippen LogP contribution in [-0.4, -0.2) is 68.5 Å². The first kappa shape index (κ1) is 58.2. The maximum Gasteiger partial charge on any atom is 0.268 e. The summed E-state index contributed by atoms with van der Waals surface area (Å²) < 4.78 is 23.2. The van der Waals surface area contributed by atoms with Crippen LogP contribution in [-0.2, 0) is 18.4 Å². The number of nitrogens with zero attached hydrogens (tertiary/aromatic N) is 1. The van der Waals surface area contributed by atoms with Crippen LogP contribution in [0.5, 0.6) is 0 Å². The number of quaternary nitrogens is 1. The lowest BCUT2D eigenvalue weighted by molar-refractivity contribution is -0.870. The first-order valence-corrected chi connectivity index (χ1v) is 27.0. The van der Waals surface area contributed by atoms with Crippen LogP contribution >= 0.6 is 7.82 Å². The molecule has 9 heteroatoms. The van der Waals surface area contributed by atoms with Gasteiger partial charge in [-0.15, -0.1) is 0 Å². The van der Waals surface area contributed by atoms with Crippen LogP contribution in [0, 0.1) is 0 Å². The van der Waals surface area contributed by atoms with E-state index >= 15 is 0 Å². The highest BCUT2D eigenvalue weighted by Gasteiger charge is 2.23. The number of carbonyl (C=O) groups excluding carboxylic acids is 1. The molecule has 352 valence electrons. The molecule has 59 heavy (non-hydrogen) atoms. The van der Waals surface area contributed by atoms with Gasteiger partial charge in [-0.25, -0.2) is 0 Å². The minimum Gasteiger partial charge on any atom is -0.756 e. The predicted molar refractivity (Wildman–Crippen MR) is 252 cm³/mol. The highest BCUT2D eigenvalue weighted by Crippen LogP contribution is 2.38. The van der Waals surface area contributed by atoms with Gasteiger partial charge in [-0.2, -0.15) is 0 Å². The lowest BCUT2D eigenvalue weighted by Gasteiger charge is -2.29. The van der Waals surface area contributed by atoms with Crippen molar-refractivity contribution in [1.82, 2.24) is 5.32 Å². The number of aliphatic hydroxyl groups excluding tert-OH is 1. The largest absolute Gasteiger partial charge is 0.756 e. The van der Waals surface area contributed by atoms with Gasteiger partial charge < -0.3 is 28.8 Å². The Morgan fingerprint density at radius 2 is 0.915 bits per heavy atom. The quantitative estimate of drug-likeness (QED) is 0.0273. The second-order valence-electron chi connectivity index (χ2n) is 18.9. The molecule has 2 N–H and O–H groups in total. The van der Waals surface area contributed by atoms with E-state index in [1.54, 1.807) is 6.08 Å². The fourth-order valence-electron chi connectivity index (χ4n) is 7.68. The summed E-state index contributed by atoms with van der Waals surface area (Å²) >= 11 is 0. The first-order chi connectivity index (χ1) is 28.5. The molecule has 0 aliphatic heterocycles. The molecule has 0 aromatic carbocycles. The molecule has 8 nitrogen and oxygen atoms in total. The summed E-state index contributed by atoms with van der Waals surface area (Å²) in [6.45, 7) is 4.65. The summed E-state index contributed by atoms with van der Waals surface area (Å²) in [6.07, 6.45) is 50.0. The van der Waals surface area contributed by atoms with E-state index in [4.69, 9.17) is 9.05 Å². The molecule has 0 saturated heterocycles. The number of unbranched alkanes of at least 4 members (excludes halogenated alkanes) is 34. The van der Waals surface area contributed by atoms with Crippen LogP contribution in [0.3, 0.4) is 0 Å². The van der Waals surface area contributed by atoms with Crippen molar-refractivity contribution in [2.45, 2.75) is 264 Å². The molecule has 1 amide bonds. The van der Waals surface area contributed by atoms with Gasteiger partial charge in [-0.05, 0) is 19.3 Å². The monoisotopic (exact) mass is 857 g/mol. The van der Waals surface area contributed by atoms with Gasteiger partial charge in [0.05, 0.1) is 39.9 Å². The summed E-state index contributed by atoms with van der Waals surface area (Å²) in [7, 11) is 1.27. The molecule has 0 saturated carbocycles. The molecule has 0 bridgehead atoms. The zero-order chi connectivity index (χ0) is 43.6. The van der Waals surface area contributed by atoms with Gasteiger partial charge in [0.1, 0.15) is 13.2 Å². The van der Waals surface area contributed by atoms with E-state index < -0.39 is 20.0 Å². The van der Waals surface area contributed by atoms with Gasteiger partial charge in [-0.1, -0.05) is 238 Å². The van der Waals surface area contributed by atoms with Gasteiger partial charge in [0, 0.05) is 6.42 Å².